The molecule has 0 fully saturated rings. The van der Waals surface area contributed by atoms with Gasteiger partial charge in [-0.15, -0.1) is 10.2 Å². The number of hydrogen-bond acceptors (Lipinski definition) is 6. The average Bonchev–Trinajstić information content (AvgIpc) is 3.54. The Bertz CT molecular complexity index is 1430. The zero-order valence-corrected chi connectivity index (χ0v) is 18.1. The quantitative estimate of drug-likeness (QED) is 0.395. The molecule has 0 bridgehead atoms. The van der Waals surface area contributed by atoms with Gasteiger partial charge in [-0.05, 0) is 61.0 Å². The van der Waals surface area contributed by atoms with Crippen molar-refractivity contribution in [3.63, 3.8) is 0 Å². The number of hydrogen-bond donors (Lipinski definition) is 2. The van der Waals surface area contributed by atoms with Crippen LogP contribution >= 0.6 is 0 Å². The van der Waals surface area contributed by atoms with E-state index in [2.05, 4.69) is 30.2 Å². The van der Waals surface area contributed by atoms with Crippen molar-refractivity contribution in [3.8, 4) is 23.2 Å². The highest BCUT2D eigenvalue weighted by atomic mass is 16.5. The largest absolute Gasteiger partial charge is 0.478 e. The predicted octanol–water partition coefficient (Wildman–Crippen LogP) is 3.46. The van der Waals surface area contributed by atoms with E-state index in [1.165, 1.54) is 0 Å². The number of nitrogens with one attached hydrogen (secondary N) is 1. The van der Waals surface area contributed by atoms with Gasteiger partial charge in [0.05, 0.1) is 35.4 Å². The number of aryl methyl sites for hydroxylation is 1. The van der Waals surface area contributed by atoms with Crippen LogP contribution in [-0.4, -0.2) is 52.4 Å². The maximum absolute atomic E-state index is 11.8. The molecule has 10 heteroatoms. The van der Waals surface area contributed by atoms with Crippen LogP contribution in [0.15, 0.2) is 54.6 Å². The van der Waals surface area contributed by atoms with Gasteiger partial charge in [0.2, 0.25) is 5.82 Å². The molecule has 2 aromatic carbocycles. The van der Waals surface area contributed by atoms with Gasteiger partial charge in [-0.3, -0.25) is 4.57 Å². The summed E-state index contributed by atoms with van der Waals surface area (Å²) in [5.74, 6) is -0.489. The van der Waals surface area contributed by atoms with Crippen LogP contribution in [0.1, 0.15) is 28.5 Å². The number of H-pyrrole nitrogens is 1. The van der Waals surface area contributed by atoms with Crippen molar-refractivity contribution in [3.05, 3.63) is 71.4 Å². The number of carboxylic acid groups (broad SMARTS) is 1. The van der Waals surface area contributed by atoms with Gasteiger partial charge in [0, 0.05) is 11.4 Å². The molecule has 0 aliphatic heterocycles. The molecule has 0 saturated heterocycles. The van der Waals surface area contributed by atoms with Crippen LogP contribution < -0.4 is 4.74 Å². The second-order valence-electron chi connectivity index (χ2n) is 7.49. The Morgan fingerprint density at radius 3 is 2.64 bits per heavy atom. The molecule has 3 heterocycles. The number of aromatic amines is 1. The van der Waals surface area contributed by atoms with Crippen molar-refractivity contribution in [1.82, 2.24) is 34.7 Å². The van der Waals surface area contributed by atoms with E-state index in [1.54, 1.807) is 18.2 Å². The molecule has 166 valence electrons. The highest BCUT2D eigenvalue weighted by Crippen LogP contribution is 2.28. The number of benzene rings is 2. The van der Waals surface area contributed by atoms with Crippen LogP contribution in [0.2, 0.25) is 0 Å². The first-order chi connectivity index (χ1) is 16.1. The third-order valence-electron chi connectivity index (χ3n) is 5.42. The SMILES string of the molecule is CCOc1nc2cccc(C(=O)O)c2n1Cc1ccc(-n2c(C)ccc2-c2nn[nH]n2)cc1. The van der Waals surface area contributed by atoms with Crippen molar-refractivity contribution in [2.24, 2.45) is 0 Å². The van der Waals surface area contributed by atoms with E-state index in [4.69, 9.17) is 4.74 Å². The fourth-order valence-electron chi connectivity index (χ4n) is 3.98. The zero-order valence-electron chi connectivity index (χ0n) is 18.1. The van der Waals surface area contributed by atoms with Gasteiger partial charge < -0.3 is 14.4 Å². The van der Waals surface area contributed by atoms with E-state index in [1.807, 2.05) is 54.8 Å². The summed E-state index contributed by atoms with van der Waals surface area (Å²) in [4.78, 5) is 16.3. The van der Waals surface area contributed by atoms with Crippen LogP contribution in [-0.2, 0) is 6.54 Å². The van der Waals surface area contributed by atoms with E-state index < -0.39 is 5.97 Å². The molecule has 0 unspecified atom stereocenters. The fraction of sp³-hybridized carbons (Fsp3) is 0.174. The molecule has 0 amide bonds. The number of ether oxygens (including phenoxy) is 1. The van der Waals surface area contributed by atoms with Gasteiger partial charge in [-0.2, -0.15) is 10.2 Å². The molecule has 0 aliphatic rings. The van der Waals surface area contributed by atoms with E-state index in [0.717, 1.165) is 22.6 Å². The van der Waals surface area contributed by atoms with Crippen LogP contribution in [0.4, 0.5) is 0 Å². The summed E-state index contributed by atoms with van der Waals surface area (Å²) in [5.41, 5.74) is 5.11. The van der Waals surface area contributed by atoms with Crippen molar-refractivity contribution >= 4 is 17.0 Å². The molecule has 10 nitrogen and oxygen atoms in total. The Morgan fingerprint density at radius 2 is 1.94 bits per heavy atom. The molecule has 0 saturated carbocycles. The summed E-state index contributed by atoms with van der Waals surface area (Å²) in [6.45, 7) is 4.73. The first kappa shape index (κ1) is 20.4. The number of aromatic nitrogens is 7. The minimum absolute atomic E-state index is 0.190. The third kappa shape index (κ3) is 3.61. The molecule has 0 atom stereocenters. The average molecular weight is 443 g/mol. The van der Waals surface area contributed by atoms with E-state index >= 15 is 0 Å². The summed E-state index contributed by atoms with van der Waals surface area (Å²) >= 11 is 0. The van der Waals surface area contributed by atoms with Gasteiger partial charge in [-0.1, -0.05) is 18.2 Å². The molecule has 0 aliphatic carbocycles. The summed E-state index contributed by atoms with van der Waals surface area (Å²) in [6, 6.07) is 17.4. The zero-order chi connectivity index (χ0) is 22.9. The maximum Gasteiger partial charge on any atom is 0.337 e. The summed E-state index contributed by atoms with van der Waals surface area (Å²) in [5, 5.41) is 24.0. The molecule has 3 aromatic heterocycles. The van der Waals surface area contributed by atoms with Gasteiger partial charge >= 0.3 is 5.97 Å². The fourth-order valence-corrected chi connectivity index (χ4v) is 3.98. The second-order valence-corrected chi connectivity index (χ2v) is 7.49. The first-order valence-corrected chi connectivity index (χ1v) is 10.4. The number of tetrazole rings is 1. The number of aromatic carboxylic acids is 1. The van der Waals surface area contributed by atoms with Crippen LogP contribution in [0, 0.1) is 6.92 Å². The molecule has 33 heavy (non-hydrogen) atoms. The minimum Gasteiger partial charge on any atom is -0.478 e. The van der Waals surface area contributed by atoms with E-state index in [-0.39, 0.29) is 5.56 Å². The Labute approximate surface area is 188 Å². The van der Waals surface area contributed by atoms with Crippen LogP contribution in [0.25, 0.3) is 28.2 Å². The van der Waals surface area contributed by atoms with Gasteiger partial charge in [0.15, 0.2) is 0 Å². The third-order valence-corrected chi connectivity index (χ3v) is 5.42. The minimum atomic E-state index is -1.00. The van der Waals surface area contributed by atoms with Crippen molar-refractivity contribution in [1.29, 1.82) is 0 Å². The number of para-hydroxylation sites is 1. The molecule has 2 N–H and O–H groups in total. The lowest BCUT2D eigenvalue weighted by Gasteiger charge is -2.13. The molecule has 0 radical (unpaired) electrons. The smallest absolute Gasteiger partial charge is 0.337 e. The number of fused-ring (bicyclic) bond motifs is 1. The molecule has 5 rings (SSSR count). The summed E-state index contributed by atoms with van der Waals surface area (Å²) in [7, 11) is 0. The maximum atomic E-state index is 11.8. The van der Waals surface area contributed by atoms with Gasteiger partial charge in [-0.25, -0.2) is 4.79 Å². The number of carboxylic acids is 1. The number of rotatable bonds is 7. The monoisotopic (exact) mass is 443 g/mol. The number of imidazole rings is 1. The summed E-state index contributed by atoms with van der Waals surface area (Å²) in [6.07, 6.45) is 0. The number of nitrogens with zero attached hydrogens (tertiary/aromatic N) is 6. The Kier molecular flexibility index (Phi) is 5.09. The standard InChI is InChI=1S/C23H21N7O3/c1-3-33-23-24-18-6-4-5-17(22(31)32)20(18)29(23)13-15-8-10-16(11-9-15)30-14(2)7-12-19(30)21-25-27-28-26-21/h4-12H,3,13H2,1-2H3,(H,31,32)(H,25,26,27,28). The Balaban J connectivity index is 1.53. The van der Waals surface area contributed by atoms with Crippen molar-refractivity contribution < 1.29 is 14.6 Å². The second kappa shape index (κ2) is 8.23. The highest BCUT2D eigenvalue weighted by Gasteiger charge is 2.19. The predicted molar refractivity (Wildman–Crippen MR) is 121 cm³/mol. The van der Waals surface area contributed by atoms with Crippen LogP contribution in [0.3, 0.4) is 0 Å². The molecular formula is C23H21N7O3. The summed E-state index contributed by atoms with van der Waals surface area (Å²) < 4.78 is 9.58. The first-order valence-electron chi connectivity index (χ1n) is 10.4. The Morgan fingerprint density at radius 1 is 1.12 bits per heavy atom. The normalized spacial score (nSPS) is 11.2. The molecular weight excluding hydrogens is 422 g/mol. The van der Waals surface area contributed by atoms with Gasteiger partial charge in [0.1, 0.15) is 0 Å². The van der Waals surface area contributed by atoms with Gasteiger partial charge in [0.25, 0.3) is 6.01 Å². The van der Waals surface area contributed by atoms with E-state index in [9.17, 15) is 9.90 Å². The molecule has 5 aromatic rings. The number of carbonyl (C=O) groups is 1. The topological polar surface area (TPSA) is 124 Å². The lowest BCUT2D eigenvalue weighted by molar-refractivity contribution is 0.0698. The van der Waals surface area contributed by atoms with Crippen LogP contribution in [0.5, 0.6) is 6.01 Å². The highest BCUT2D eigenvalue weighted by molar-refractivity contribution is 6.01. The van der Waals surface area contributed by atoms with Crippen molar-refractivity contribution in [2.75, 3.05) is 6.61 Å². The van der Waals surface area contributed by atoms with Crippen molar-refractivity contribution in [2.45, 2.75) is 20.4 Å². The lowest BCUT2D eigenvalue weighted by atomic mass is 10.1. The Hall–Kier alpha value is -4.47. The lowest BCUT2D eigenvalue weighted by Crippen LogP contribution is -2.08. The van der Waals surface area contributed by atoms with E-state index in [0.29, 0.717) is 36.0 Å². The molecule has 0 spiro atoms.